The molecule has 176 valence electrons. The number of aryl methyl sites for hydroxylation is 1. The summed E-state index contributed by atoms with van der Waals surface area (Å²) in [5, 5.41) is 13.8. The Balaban J connectivity index is 1.75. The number of hydrogen-bond acceptors (Lipinski definition) is 5. The molecule has 0 aliphatic rings. The number of rotatable bonds is 10. The second-order valence-corrected chi connectivity index (χ2v) is 8.80. The Morgan fingerprint density at radius 3 is 2.38 bits per heavy atom. The first-order chi connectivity index (χ1) is 16.5. The van der Waals surface area contributed by atoms with Gasteiger partial charge >= 0.3 is 6.03 Å². The molecule has 3 amide bonds. The van der Waals surface area contributed by atoms with Crippen LogP contribution in [-0.4, -0.2) is 48.5 Å². The average molecular weight is 477 g/mol. The van der Waals surface area contributed by atoms with Crippen LogP contribution in [0.1, 0.15) is 21.6 Å². The van der Waals surface area contributed by atoms with Gasteiger partial charge in [0.05, 0.1) is 24.8 Å². The fraction of sp³-hybridized carbons (Fsp3) is 0.269. The zero-order valence-corrected chi connectivity index (χ0v) is 20.2. The van der Waals surface area contributed by atoms with Crippen LogP contribution in [0.25, 0.3) is 0 Å². The van der Waals surface area contributed by atoms with E-state index in [9.17, 15) is 9.59 Å². The number of thiophene rings is 1. The number of anilines is 1. The van der Waals surface area contributed by atoms with E-state index >= 15 is 0 Å². The number of ether oxygens (including phenoxy) is 1. The van der Waals surface area contributed by atoms with E-state index in [2.05, 4.69) is 5.32 Å². The molecule has 0 aliphatic heterocycles. The number of carbonyl (C=O) groups excluding carboxylic acids is 2. The van der Waals surface area contributed by atoms with Crippen LogP contribution in [0.4, 0.5) is 10.5 Å². The summed E-state index contributed by atoms with van der Waals surface area (Å²) in [5.41, 5.74) is 3.22. The first-order valence-corrected chi connectivity index (χ1v) is 11.8. The summed E-state index contributed by atoms with van der Waals surface area (Å²) in [6.45, 7) is 3.45. The Hall–Kier alpha value is -3.67. The van der Waals surface area contributed by atoms with Crippen LogP contribution in [0.5, 0.6) is 0 Å². The minimum atomic E-state index is -0.401. The molecule has 0 aliphatic carbocycles. The van der Waals surface area contributed by atoms with Gasteiger partial charge < -0.3 is 19.9 Å². The lowest BCUT2D eigenvalue weighted by atomic mass is 10.2. The van der Waals surface area contributed by atoms with Crippen molar-refractivity contribution in [3.05, 3.63) is 87.6 Å². The Labute approximate surface area is 204 Å². The number of amides is 3. The molecule has 1 heterocycles. The number of nitriles is 1. The third kappa shape index (κ3) is 7.17. The maximum atomic E-state index is 13.4. The van der Waals surface area contributed by atoms with Crippen LogP contribution in [-0.2, 0) is 22.6 Å². The van der Waals surface area contributed by atoms with E-state index in [0.29, 0.717) is 30.9 Å². The number of methoxy groups -OCH3 is 1. The van der Waals surface area contributed by atoms with E-state index in [4.69, 9.17) is 10.00 Å². The molecule has 7 nitrogen and oxygen atoms in total. The summed E-state index contributed by atoms with van der Waals surface area (Å²) in [6, 6.07) is 20.1. The Morgan fingerprint density at radius 2 is 1.76 bits per heavy atom. The lowest BCUT2D eigenvalue weighted by Crippen LogP contribution is -2.45. The van der Waals surface area contributed by atoms with Gasteiger partial charge in [-0.2, -0.15) is 5.26 Å². The predicted octanol–water partition coefficient (Wildman–Crippen LogP) is 4.64. The number of hydrogen-bond donors (Lipinski definition) is 1. The van der Waals surface area contributed by atoms with Crippen molar-refractivity contribution in [3.8, 4) is 6.07 Å². The SMILES string of the molecule is COCCN(CC(=O)N(Cc1ccccc1)Cc1sccc1C)C(=O)Nc1ccc(C#N)cc1. The zero-order chi connectivity index (χ0) is 24.3. The maximum absolute atomic E-state index is 13.4. The smallest absolute Gasteiger partial charge is 0.322 e. The third-order valence-corrected chi connectivity index (χ3v) is 6.32. The van der Waals surface area contributed by atoms with Gasteiger partial charge in [0.1, 0.15) is 6.54 Å². The summed E-state index contributed by atoms with van der Waals surface area (Å²) in [4.78, 5) is 30.8. The monoisotopic (exact) mass is 476 g/mol. The Morgan fingerprint density at radius 1 is 1.03 bits per heavy atom. The molecule has 1 aromatic heterocycles. The number of nitrogens with one attached hydrogen (secondary N) is 1. The molecular weight excluding hydrogens is 448 g/mol. The molecule has 0 atom stereocenters. The fourth-order valence-corrected chi connectivity index (χ4v) is 4.24. The lowest BCUT2D eigenvalue weighted by molar-refractivity contribution is -0.133. The molecule has 2 aromatic carbocycles. The molecule has 0 radical (unpaired) electrons. The molecule has 1 N–H and O–H groups in total. The highest BCUT2D eigenvalue weighted by atomic mass is 32.1. The molecule has 0 bridgehead atoms. The summed E-state index contributed by atoms with van der Waals surface area (Å²) >= 11 is 1.62. The summed E-state index contributed by atoms with van der Waals surface area (Å²) in [6.07, 6.45) is 0. The Kier molecular flexibility index (Phi) is 9.21. The van der Waals surface area contributed by atoms with Crippen LogP contribution in [0.2, 0.25) is 0 Å². The van der Waals surface area contributed by atoms with Crippen molar-refractivity contribution in [3.63, 3.8) is 0 Å². The minimum absolute atomic E-state index is 0.0806. The van der Waals surface area contributed by atoms with Crippen molar-refractivity contribution < 1.29 is 14.3 Å². The van der Waals surface area contributed by atoms with Crippen LogP contribution in [0.15, 0.2) is 66.0 Å². The second-order valence-electron chi connectivity index (χ2n) is 7.80. The van der Waals surface area contributed by atoms with Gasteiger partial charge in [0.2, 0.25) is 5.91 Å². The summed E-state index contributed by atoms with van der Waals surface area (Å²) in [5.74, 6) is -0.150. The van der Waals surface area contributed by atoms with E-state index in [1.54, 1.807) is 47.6 Å². The molecule has 0 saturated carbocycles. The van der Waals surface area contributed by atoms with E-state index < -0.39 is 6.03 Å². The van der Waals surface area contributed by atoms with Crippen molar-refractivity contribution in [1.29, 1.82) is 5.26 Å². The van der Waals surface area contributed by atoms with Crippen molar-refractivity contribution in [2.75, 3.05) is 32.1 Å². The standard InChI is InChI=1S/C26H28N4O3S/c1-20-12-15-34-24(20)18-30(17-22-6-4-3-5-7-22)25(31)19-29(13-14-33-2)26(32)28-23-10-8-21(16-27)9-11-23/h3-12,15H,13-14,17-19H2,1-2H3,(H,28,32). The minimum Gasteiger partial charge on any atom is -0.383 e. The topological polar surface area (TPSA) is 85.7 Å². The molecule has 0 saturated heterocycles. The molecule has 0 unspecified atom stereocenters. The quantitative estimate of drug-likeness (QED) is 0.462. The van der Waals surface area contributed by atoms with Gasteiger partial charge in [0, 0.05) is 30.8 Å². The van der Waals surface area contributed by atoms with Crippen LogP contribution < -0.4 is 5.32 Å². The van der Waals surface area contributed by atoms with E-state index in [1.807, 2.05) is 54.8 Å². The highest BCUT2D eigenvalue weighted by molar-refractivity contribution is 7.10. The van der Waals surface area contributed by atoms with E-state index in [0.717, 1.165) is 16.0 Å². The third-order valence-electron chi connectivity index (χ3n) is 5.32. The number of nitrogens with zero attached hydrogens (tertiary/aromatic N) is 3. The largest absolute Gasteiger partial charge is 0.383 e. The van der Waals surface area contributed by atoms with E-state index in [1.165, 1.54) is 4.90 Å². The van der Waals surface area contributed by atoms with Gasteiger partial charge in [-0.05, 0) is 53.8 Å². The van der Waals surface area contributed by atoms with Crippen LogP contribution >= 0.6 is 11.3 Å². The average Bonchev–Trinajstić information content (AvgIpc) is 3.26. The normalized spacial score (nSPS) is 10.4. The van der Waals surface area contributed by atoms with Gasteiger partial charge in [-0.3, -0.25) is 4.79 Å². The molecule has 3 aromatic rings. The van der Waals surface area contributed by atoms with Crippen molar-refractivity contribution in [1.82, 2.24) is 9.80 Å². The van der Waals surface area contributed by atoms with Gasteiger partial charge in [-0.15, -0.1) is 11.3 Å². The van der Waals surface area contributed by atoms with Crippen molar-refractivity contribution in [2.24, 2.45) is 0 Å². The van der Waals surface area contributed by atoms with Gasteiger partial charge in [0.15, 0.2) is 0 Å². The molecule has 0 fully saturated rings. The molecule has 8 heteroatoms. The molecule has 3 rings (SSSR count). The molecule has 34 heavy (non-hydrogen) atoms. The van der Waals surface area contributed by atoms with Crippen LogP contribution in [0.3, 0.4) is 0 Å². The number of carbonyl (C=O) groups is 2. The van der Waals surface area contributed by atoms with Crippen LogP contribution in [0, 0.1) is 18.3 Å². The molecular formula is C26H28N4O3S. The highest BCUT2D eigenvalue weighted by Gasteiger charge is 2.22. The number of benzene rings is 2. The van der Waals surface area contributed by atoms with E-state index in [-0.39, 0.29) is 19.0 Å². The summed E-state index contributed by atoms with van der Waals surface area (Å²) in [7, 11) is 1.56. The zero-order valence-electron chi connectivity index (χ0n) is 19.4. The molecule has 0 spiro atoms. The fourth-order valence-electron chi connectivity index (χ4n) is 3.32. The first kappa shape index (κ1) is 25.0. The second kappa shape index (κ2) is 12.5. The predicted molar refractivity (Wildman–Crippen MR) is 133 cm³/mol. The van der Waals surface area contributed by atoms with Gasteiger partial charge in [0.25, 0.3) is 0 Å². The van der Waals surface area contributed by atoms with Crippen molar-refractivity contribution in [2.45, 2.75) is 20.0 Å². The Bertz CT molecular complexity index is 1120. The summed E-state index contributed by atoms with van der Waals surface area (Å²) < 4.78 is 5.16. The maximum Gasteiger partial charge on any atom is 0.322 e. The van der Waals surface area contributed by atoms with Crippen molar-refractivity contribution >= 4 is 29.0 Å². The first-order valence-electron chi connectivity index (χ1n) is 10.9. The number of urea groups is 1. The highest BCUT2D eigenvalue weighted by Crippen LogP contribution is 2.20. The lowest BCUT2D eigenvalue weighted by Gasteiger charge is -2.28. The van der Waals surface area contributed by atoms with Gasteiger partial charge in [-0.1, -0.05) is 30.3 Å². The van der Waals surface area contributed by atoms with Gasteiger partial charge in [-0.25, -0.2) is 4.79 Å².